The van der Waals surface area contributed by atoms with E-state index in [2.05, 4.69) is 59.1 Å². The third kappa shape index (κ3) is 3.61. The van der Waals surface area contributed by atoms with E-state index in [1.807, 2.05) is 0 Å². The molecule has 1 fully saturated rings. The molecule has 1 aromatic carbocycles. The van der Waals surface area contributed by atoms with Gasteiger partial charge in [-0.2, -0.15) is 0 Å². The highest BCUT2D eigenvalue weighted by Gasteiger charge is 2.27. The summed E-state index contributed by atoms with van der Waals surface area (Å²) in [4.78, 5) is 0. The summed E-state index contributed by atoms with van der Waals surface area (Å²) in [5, 5.41) is 3.59. The number of halogens is 2. The van der Waals surface area contributed by atoms with E-state index in [9.17, 15) is 0 Å². The maximum Gasteiger partial charge on any atom is 0.0194 e. The van der Waals surface area contributed by atoms with Gasteiger partial charge in [0.05, 0.1) is 0 Å². The predicted molar refractivity (Wildman–Crippen MR) is 75.8 cm³/mol. The molecule has 1 N–H and O–H groups in total. The third-order valence-corrected chi connectivity index (χ3v) is 3.68. The SMILES string of the molecule is CC1(Cc2ccc(I)cc2)CCCN1.Cl. The van der Waals surface area contributed by atoms with Crippen LogP contribution in [0.15, 0.2) is 24.3 Å². The van der Waals surface area contributed by atoms with Crippen LogP contribution in [0, 0.1) is 3.57 Å². The Kier molecular flexibility index (Phi) is 4.87. The zero-order chi connectivity index (χ0) is 10.0. The molecule has 1 nitrogen and oxygen atoms in total. The molecular formula is C12H17ClIN. The minimum Gasteiger partial charge on any atom is -0.311 e. The molecule has 0 radical (unpaired) electrons. The lowest BCUT2D eigenvalue weighted by Gasteiger charge is -2.24. The summed E-state index contributed by atoms with van der Waals surface area (Å²) in [6.45, 7) is 3.51. The van der Waals surface area contributed by atoms with Crippen molar-refractivity contribution in [3.05, 3.63) is 33.4 Å². The highest BCUT2D eigenvalue weighted by molar-refractivity contribution is 14.1. The largest absolute Gasteiger partial charge is 0.311 e. The van der Waals surface area contributed by atoms with Gasteiger partial charge >= 0.3 is 0 Å². The van der Waals surface area contributed by atoms with Crippen molar-refractivity contribution in [3.63, 3.8) is 0 Å². The van der Waals surface area contributed by atoms with Crippen LogP contribution in [-0.4, -0.2) is 12.1 Å². The predicted octanol–water partition coefficient (Wildman–Crippen LogP) is 3.40. The van der Waals surface area contributed by atoms with Gasteiger partial charge in [-0.15, -0.1) is 12.4 Å². The van der Waals surface area contributed by atoms with Crippen molar-refractivity contribution in [2.24, 2.45) is 0 Å². The fraction of sp³-hybridized carbons (Fsp3) is 0.500. The molecule has 1 aliphatic rings. The molecule has 0 bridgehead atoms. The molecule has 0 saturated carbocycles. The van der Waals surface area contributed by atoms with Crippen molar-refractivity contribution in [1.82, 2.24) is 5.32 Å². The minimum atomic E-state index is 0. The summed E-state index contributed by atoms with van der Waals surface area (Å²) in [7, 11) is 0. The van der Waals surface area contributed by atoms with Gasteiger partial charge in [0.15, 0.2) is 0 Å². The Bertz CT molecular complexity index is 304. The average molecular weight is 338 g/mol. The van der Waals surface area contributed by atoms with Crippen LogP contribution < -0.4 is 5.32 Å². The Morgan fingerprint density at radius 3 is 2.53 bits per heavy atom. The first-order valence-electron chi connectivity index (χ1n) is 5.17. The first kappa shape index (κ1) is 13.3. The van der Waals surface area contributed by atoms with Crippen molar-refractivity contribution in [2.45, 2.75) is 31.7 Å². The van der Waals surface area contributed by atoms with E-state index in [-0.39, 0.29) is 12.4 Å². The fourth-order valence-corrected chi connectivity index (χ4v) is 2.52. The molecule has 0 aliphatic carbocycles. The second-order valence-electron chi connectivity index (χ2n) is 4.39. The molecule has 3 heteroatoms. The van der Waals surface area contributed by atoms with Gasteiger partial charge in [-0.3, -0.25) is 0 Å². The van der Waals surface area contributed by atoms with Gasteiger partial charge in [0.2, 0.25) is 0 Å². The fourth-order valence-electron chi connectivity index (χ4n) is 2.16. The van der Waals surface area contributed by atoms with Crippen LogP contribution in [-0.2, 0) is 6.42 Å². The highest BCUT2D eigenvalue weighted by atomic mass is 127. The monoisotopic (exact) mass is 337 g/mol. The molecule has 1 atom stereocenters. The van der Waals surface area contributed by atoms with Gasteiger partial charge in [0.25, 0.3) is 0 Å². The second kappa shape index (κ2) is 5.51. The van der Waals surface area contributed by atoms with Crippen LogP contribution in [0.1, 0.15) is 25.3 Å². The van der Waals surface area contributed by atoms with E-state index in [1.165, 1.54) is 28.5 Å². The van der Waals surface area contributed by atoms with Gasteiger partial charge in [-0.05, 0) is 73.0 Å². The number of hydrogen-bond acceptors (Lipinski definition) is 1. The summed E-state index contributed by atoms with van der Waals surface area (Å²) >= 11 is 2.35. The van der Waals surface area contributed by atoms with E-state index in [1.54, 1.807) is 0 Å². The van der Waals surface area contributed by atoms with Crippen molar-refractivity contribution in [2.75, 3.05) is 6.54 Å². The van der Waals surface area contributed by atoms with Crippen LogP contribution in [0.3, 0.4) is 0 Å². The molecule has 1 aromatic rings. The van der Waals surface area contributed by atoms with Crippen molar-refractivity contribution < 1.29 is 0 Å². The van der Waals surface area contributed by atoms with Crippen LogP contribution >= 0.6 is 35.0 Å². The Hall–Kier alpha value is 0.200. The van der Waals surface area contributed by atoms with Gasteiger partial charge in [0.1, 0.15) is 0 Å². The Morgan fingerprint density at radius 2 is 2.00 bits per heavy atom. The smallest absolute Gasteiger partial charge is 0.0194 e. The molecule has 1 aliphatic heterocycles. The number of nitrogens with one attached hydrogen (secondary N) is 1. The molecule has 1 heterocycles. The zero-order valence-electron chi connectivity index (χ0n) is 8.92. The lowest BCUT2D eigenvalue weighted by atomic mass is 9.91. The third-order valence-electron chi connectivity index (χ3n) is 2.96. The number of hydrogen-bond donors (Lipinski definition) is 1. The molecule has 0 amide bonds. The van der Waals surface area contributed by atoms with E-state index in [4.69, 9.17) is 0 Å². The zero-order valence-corrected chi connectivity index (χ0v) is 11.9. The standard InChI is InChI=1S/C12H16IN.ClH/c1-12(7-2-8-14-12)9-10-3-5-11(13)6-4-10;/h3-6,14H,2,7-9H2,1H3;1H. The molecule has 1 unspecified atom stereocenters. The van der Waals surface area contributed by atoms with Crippen molar-refractivity contribution in [1.29, 1.82) is 0 Å². The van der Waals surface area contributed by atoms with E-state index >= 15 is 0 Å². The van der Waals surface area contributed by atoms with Gasteiger partial charge in [-0.1, -0.05) is 12.1 Å². The van der Waals surface area contributed by atoms with E-state index in [0.29, 0.717) is 5.54 Å². The first-order valence-corrected chi connectivity index (χ1v) is 6.25. The molecule has 0 spiro atoms. The summed E-state index contributed by atoms with van der Waals surface area (Å²) in [5.41, 5.74) is 1.79. The Morgan fingerprint density at radius 1 is 1.33 bits per heavy atom. The maximum atomic E-state index is 3.59. The lowest BCUT2D eigenvalue weighted by Crippen LogP contribution is -2.38. The Balaban J connectivity index is 0.00000112. The van der Waals surface area contributed by atoms with E-state index < -0.39 is 0 Å². The normalized spacial score (nSPS) is 24.9. The summed E-state index contributed by atoms with van der Waals surface area (Å²) in [5.74, 6) is 0. The maximum absolute atomic E-state index is 3.59. The van der Waals surface area contributed by atoms with Crippen LogP contribution in [0.25, 0.3) is 0 Å². The van der Waals surface area contributed by atoms with Crippen molar-refractivity contribution >= 4 is 35.0 Å². The summed E-state index contributed by atoms with van der Waals surface area (Å²) < 4.78 is 1.32. The number of rotatable bonds is 2. The molecule has 2 rings (SSSR count). The summed E-state index contributed by atoms with van der Waals surface area (Å²) in [6.07, 6.45) is 3.78. The van der Waals surface area contributed by atoms with Gasteiger partial charge < -0.3 is 5.32 Å². The molecule has 15 heavy (non-hydrogen) atoms. The van der Waals surface area contributed by atoms with E-state index in [0.717, 1.165) is 6.42 Å². The lowest BCUT2D eigenvalue weighted by molar-refractivity contribution is 0.412. The quantitative estimate of drug-likeness (QED) is 0.816. The van der Waals surface area contributed by atoms with Crippen LogP contribution in [0.4, 0.5) is 0 Å². The number of benzene rings is 1. The first-order chi connectivity index (χ1) is 6.68. The minimum absolute atomic E-state index is 0. The molecule has 0 aromatic heterocycles. The summed E-state index contributed by atoms with van der Waals surface area (Å²) in [6, 6.07) is 8.86. The van der Waals surface area contributed by atoms with Gasteiger partial charge in [-0.25, -0.2) is 0 Å². The average Bonchev–Trinajstić information content (AvgIpc) is 2.57. The molecular weight excluding hydrogens is 320 g/mol. The highest BCUT2D eigenvalue weighted by Crippen LogP contribution is 2.23. The van der Waals surface area contributed by atoms with Crippen molar-refractivity contribution in [3.8, 4) is 0 Å². The van der Waals surface area contributed by atoms with Crippen LogP contribution in [0.2, 0.25) is 0 Å². The molecule has 84 valence electrons. The second-order valence-corrected chi connectivity index (χ2v) is 5.64. The van der Waals surface area contributed by atoms with Gasteiger partial charge in [0, 0.05) is 9.11 Å². The topological polar surface area (TPSA) is 12.0 Å². The molecule has 1 saturated heterocycles. The van der Waals surface area contributed by atoms with Crippen LogP contribution in [0.5, 0.6) is 0 Å². The Labute approximate surface area is 112 Å².